The van der Waals surface area contributed by atoms with Crippen LogP contribution in [0.4, 0.5) is 0 Å². The summed E-state index contributed by atoms with van der Waals surface area (Å²) in [4.78, 5) is 0.153. The number of ether oxygens (including phenoxy) is 1. The monoisotopic (exact) mass is 132 g/mol. The van der Waals surface area contributed by atoms with Crippen LogP contribution in [-0.4, -0.2) is 17.3 Å². The van der Waals surface area contributed by atoms with Crippen LogP contribution in [0.3, 0.4) is 0 Å². The van der Waals surface area contributed by atoms with Crippen molar-refractivity contribution in [3.05, 3.63) is 0 Å². The highest BCUT2D eigenvalue weighted by molar-refractivity contribution is 8.00. The van der Waals surface area contributed by atoms with Crippen molar-refractivity contribution in [2.24, 2.45) is 0 Å². The van der Waals surface area contributed by atoms with Gasteiger partial charge >= 0.3 is 0 Å². The summed E-state index contributed by atoms with van der Waals surface area (Å²) in [6.07, 6.45) is 1.12. The first-order valence-corrected chi connectivity index (χ1v) is 4.03. The lowest BCUT2D eigenvalue weighted by molar-refractivity contribution is 0.0633. The fourth-order valence-corrected chi connectivity index (χ4v) is 1.73. The predicted octanol–water partition coefficient (Wildman–Crippen LogP) is 1.88. The van der Waals surface area contributed by atoms with E-state index in [1.165, 1.54) is 5.75 Å². The Morgan fingerprint density at radius 3 is 2.75 bits per heavy atom. The molecule has 0 bridgehead atoms. The predicted molar refractivity (Wildman–Crippen MR) is 37.1 cm³/mol. The van der Waals surface area contributed by atoms with Gasteiger partial charge in [-0.25, -0.2) is 0 Å². The molecule has 0 aromatic carbocycles. The molecule has 0 radical (unpaired) electrons. The summed E-state index contributed by atoms with van der Waals surface area (Å²) < 4.78 is 5.45. The fraction of sp³-hybridized carbons (Fsp3) is 1.00. The molecule has 48 valence electrons. The molecule has 1 fully saturated rings. The van der Waals surface area contributed by atoms with Gasteiger partial charge in [-0.1, -0.05) is 6.92 Å². The zero-order chi connectivity index (χ0) is 6.04. The third-order valence-corrected chi connectivity index (χ3v) is 2.93. The van der Waals surface area contributed by atoms with Crippen molar-refractivity contribution in [2.45, 2.75) is 25.2 Å². The largest absolute Gasteiger partial charge is 0.364 e. The van der Waals surface area contributed by atoms with E-state index in [0.29, 0.717) is 0 Å². The molecule has 0 aromatic heterocycles. The summed E-state index contributed by atoms with van der Waals surface area (Å²) in [6.45, 7) is 5.26. The molecule has 1 aliphatic heterocycles. The lowest BCUT2D eigenvalue weighted by Gasteiger charge is -2.18. The topological polar surface area (TPSA) is 9.23 Å². The molecule has 1 aliphatic rings. The minimum atomic E-state index is 0.153. The summed E-state index contributed by atoms with van der Waals surface area (Å²) in [7, 11) is 0. The summed E-state index contributed by atoms with van der Waals surface area (Å²) in [5.41, 5.74) is 0. The third kappa shape index (κ3) is 1.17. The first-order valence-electron chi connectivity index (χ1n) is 3.05. The van der Waals surface area contributed by atoms with Gasteiger partial charge in [-0.3, -0.25) is 0 Å². The number of hydrogen-bond acceptors (Lipinski definition) is 2. The number of rotatable bonds is 1. The maximum absolute atomic E-state index is 5.45. The molecular weight excluding hydrogens is 120 g/mol. The van der Waals surface area contributed by atoms with Gasteiger partial charge in [-0.05, 0) is 13.3 Å². The zero-order valence-electron chi connectivity index (χ0n) is 5.44. The van der Waals surface area contributed by atoms with Gasteiger partial charge < -0.3 is 4.74 Å². The Bertz CT molecular complexity index is 76.6. The molecule has 0 N–H and O–H groups in total. The third-order valence-electron chi connectivity index (χ3n) is 1.54. The Labute approximate surface area is 54.8 Å². The van der Waals surface area contributed by atoms with Crippen LogP contribution in [0, 0.1) is 0 Å². The van der Waals surface area contributed by atoms with E-state index in [0.717, 1.165) is 13.0 Å². The summed E-state index contributed by atoms with van der Waals surface area (Å²) >= 11 is 1.92. The van der Waals surface area contributed by atoms with Crippen molar-refractivity contribution in [1.29, 1.82) is 0 Å². The average molecular weight is 132 g/mol. The highest BCUT2D eigenvalue weighted by Gasteiger charge is 2.27. The summed E-state index contributed by atoms with van der Waals surface area (Å²) in [5, 5.41) is 0. The molecule has 1 heterocycles. The van der Waals surface area contributed by atoms with Crippen LogP contribution < -0.4 is 0 Å². The van der Waals surface area contributed by atoms with Crippen LogP contribution in [-0.2, 0) is 4.74 Å². The van der Waals surface area contributed by atoms with E-state index in [2.05, 4.69) is 13.8 Å². The second-order valence-electron chi connectivity index (χ2n) is 2.18. The van der Waals surface area contributed by atoms with Crippen LogP contribution in [0.2, 0.25) is 0 Å². The lowest BCUT2D eigenvalue weighted by atomic mass is 10.3. The number of thioether (sulfide) groups is 1. The first-order chi connectivity index (χ1) is 3.77. The highest BCUT2D eigenvalue weighted by Crippen LogP contribution is 2.34. The van der Waals surface area contributed by atoms with E-state index in [1.54, 1.807) is 0 Å². The van der Waals surface area contributed by atoms with Crippen molar-refractivity contribution in [1.82, 2.24) is 0 Å². The molecule has 1 nitrogen and oxygen atoms in total. The van der Waals surface area contributed by atoms with Gasteiger partial charge in [0.2, 0.25) is 0 Å². The van der Waals surface area contributed by atoms with Crippen molar-refractivity contribution < 1.29 is 4.74 Å². The molecule has 0 amide bonds. The molecule has 2 heteroatoms. The van der Waals surface area contributed by atoms with Gasteiger partial charge in [0, 0.05) is 5.75 Å². The van der Waals surface area contributed by atoms with Gasteiger partial charge in [0.05, 0.1) is 6.61 Å². The maximum Gasteiger partial charge on any atom is 0.110 e. The van der Waals surface area contributed by atoms with Crippen molar-refractivity contribution in [3.63, 3.8) is 0 Å². The normalized spacial score (nSPS) is 38.2. The minimum absolute atomic E-state index is 0.153. The summed E-state index contributed by atoms with van der Waals surface area (Å²) in [5.74, 6) is 1.17. The molecule has 0 aliphatic carbocycles. The average Bonchev–Trinajstić information content (AvgIpc) is 2.17. The second kappa shape index (κ2) is 2.28. The van der Waals surface area contributed by atoms with Crippen LogP contribution in [0.1, 0.15) is 20.3 Å². The second-order valence-corrected chi connectivity index (χ2v) is 3.74. The molecule has 0 spiro atoms. The highest BCUT2D eigenvalue weighted by atomic mass is 32.2. The molecule has 1 atom stereocenters. The van der Waals surface area contributed by atoms with E-state index in [9.17, 15) is 0 Å². The van der Waals surface area contributed by atoms with E-state index in [4.69, 9.17) is 4.74 Å². The van der Waals surface area contributed by atoms with Crippen molar-refractivity contribution in [3.8, 4) is 0 Å². The van der Waals surface area contributed by atoms with Crippen LogP contribution >= 0.6 is 11.8 Å². The molecule has 1 saturated heterocycles. The van der Waals surface area contributed by atoms with Crippen molar-refractivity contribution in [2.75, 3.05) is 12.4 Å². The van der Waals surface area contributed by atoms with E-state index in [-0.39, 0.29) is 4.93 Å². The lowest BCUT2D eigenvalue weighted by Crippen LogP contribution is -2.16. The smallest absolute Gasteiger partial charge is 0.110 e. The minimum Gasteiger partial charge on any atom is -0.364 e. The quantitative estimate of drug-likeness (QED) is 0.538. The van der Waals surface area contributed by atoms with Gasteiger partial charge in [0.15, 0.2) is 0 Å². The first kappa shape index (κ1) is 6.43. The van der Waals surface area contributed by atoms with Gasteiger partial charge in [-0.15, -0.1) is 11.8 Å². The van der Waals surface area contributed by atoms with Crippen LogP contribution in [0.15, 0.2) is 0 Å². The molecule has 0 saturated carbocycles. The molecular formula is C6H12OS. The van der Waals surface area contributed by atoms with Gasteiger partial charge in [-0.2, -0.15) is 0 Å². The summed E-state index contributed by atoms with van der Waals surface area (Å²) in [6, 6.07) is 0. The van der Waals surface area contributed by atoms with Gasteiger partial charge in [0.1, 0.15) is 4.93 Å². The Kier molecular flexibility index (Phi) is 1.83. The van der Waals surface area contributed by atoms with Gasteiger partial charge in [0.25, 0.3) is 0 Å². The van der Waals surface area contributed by atoms with E-state index >= 15 is 0 Å². The Morgan fingerprint density at radius 1 is 1.75 bits per heavy atom. The van der Waals surface area contributed by atoms with Crippen LogP contribution in [0.5, 0.6) is 0 Å². The molecule has 1 rings (SSSR count). The molecule has 8 heavy (non-hydrogen) atoms. The molecule has 0 aromatic rings. The fourth-order valence-electron chi connectivity index (χ4n) is 0.761. The Hall–Kier alpha value is 0.310. The Morgan fingerprint density at radius 2 is 2.50 bits per heavy atom. The standard InChI is InChI=1S/C6H12OS/c1-3-6(2)7-4-5-8-6/h3-5H2,1-2H3/t6-/m0/s1. The van der Waals surface area contributed by atoms with Crippen molar-refractivity contribution >= 4 is 11.8 Å². The van der Waals surface area contributed by atoms with Crippen LogP contribution in [0.25, 0.3) is 0 Å². The number of hydrogen-bond donors (Lipinski definition) is 0. The Balaban J connectivity index is 2.40. The maximum atomic E-state index is 5.45. The van der Waals surface area contributed by atoms with E-state index in [1.807, 2.05) is 11.8 Å². The SMILES string of the molecule is CC[C@@]1(C)OCCS1. The van der Waals surface area contributed by atoms with E-state index < -0.39 is 0 Å². The zero-order valence-corrected chi connectivity index (χ0v) is 6.25. The molecule has 0 unspecified atom stereocenters.